The molecule has 1 aliphatic carbocycles. The van der Waals surface area contributed by atoms with E-state index < -0.39 is 0 Å². The molecule has 1 N–H and O–H groups in total. The Morgan fingerprint density at radius 1 is 1.24 bits per heavy atom. The van der Waals surface area contributed by atoms with Gasteiger partial charge in [0.05, 0.1) is 12.6 Å². The van der Waals surface area contributed by atoms with Crippen LogP contribution in [-0.2, 0) is 4.79 Å². The van der Waals surface area contributed by atoms with Crippen LogP contribution in [0.25, 0.3) is 11.0 Å². The van der Waals surface area contributed by atoms with E-state index in [0.717, 1.165) is 29.2 Å². The molecular weight excluding hydrogens is 312 g/mol. The number of carbonyl (C=O) groups excluding carboxylic acids is 1. The van der Waals surface area contributed by atoms with E-state index >= 15 is 0 Å². The minimum atomic E-state index is -0.105. The molecule has 25 heavy (non-hydrogen) atoms. The monoisotopic (exact) mass is 340 g/mol. The predicted octanol–water partition coefficient (Wildman–Crippen LogP) is 4.26. The summed E-state index contributed by atoms with van der Waals surface area (Å²) in [5.74, 6) is 1.74. The highest BCUT2D eigenvalue weighted by Crippen LogP contribution is 2.35. The van der Waals surface area contributed by atoms with Crippen LogP contribution in [0.4, 0.5) is 0 Å². The third kappa shape index (κ3) is 3.59. The van der Waals surface area contributed by atoms with Crippen LogP contribution >= 0.6 is 0 Å². The first-order valence-corrected chi connectivity index (χ1v) is 9.72. The third-order valence-corrected chi connectivity index (χ3v) is 5.95. The number of carbonyl (C=O) groups is 1. The van der Waals surface area contributed by atoms with Gasteiger partial charge in [-0.25, -0.2) is 0 Å². The smallest absolute Gasteiger partial charge is 0.234 e. The molecule has 1 saturated carbocycles. The first-order valence-electron chi connectivity index (χ1n) is 9.72. The SMILES string of the molecule is C[C@H](NC(=O)CN1CCC[C@H]2CCCC[C@@H]21)c1cc2ccccc2o1. The molecule has 4 heteroatoms. The first kappa shape index (κ1) is 16.6. The molecule has 1 saturated heterocycles. The van der Waals surface area contributed by atoms with Crippen molar-refractivity contribution in [3.8, 4) is 0 Å². The van der Waals surface area contributed by atoms with Crippen LogP contribution in [0.2, 0.25) is 0 Å². The number of hydrogen-bond acceptors (Lipinski definition) is 3. The summed E-state index contributed by atoms with van der Waals surface area (Å²) in [4.78, 5) is 15.0. The highest BCUT2D eigenvalue weighted by Gasteiger charge is 2.34. The standard InChI is InChI=1S/C21H28N2O2/c1-15(20-13-17-8-3-5-11-19(17)25-20)22-21(24)14-23-12-6-9-16-7-2-4-10-18(16)23/h3,5,8,11,13,15-16,18H,2,4,6-7,9-10,12,14H2,1H3,(H,22,24)/t15-,16+,18-/m0/s1. The van der Waals surface area contributed by atoms with Crippen molar-refractivity contribution < 1.29 is 9.21 Å². The van der Waals surface area contributed by atoms with E-state index in [-0.39, 0.29) is 11.9 Å². The summed E-state index contributed by atoms with van der Waals surface area (Å²) in [5.41, 5.74) is 0.875. The number of piperidine rings is 1. The summed E-state index contributed by atoms with van der Waals surface area (Å²) < 4.78 is 5.88. The van der Waals surface area contributed by atoms with Crippen LogP contribution in [0.15, 0.2) is 34.7 Å². The Morgan fingerprint density at radius 3 is 2.92 bits per heavy atom. The molecule has 0 bridgehead atoms. The van der Waals surface area contributed by atoms with Crippen molar-refractivity contribution in [2.75, 3.05) is 13.1 Å². The van der Waals surface area contributed by atoms with Crippen molar-refractivity contribution in [2.24, 2.45) is 5.92 Å². The quantitative estimate of drug-likeness (QED) is 0.904. The lowest BCUT2D eigenvalue weighted by Crippen LogP contribution is -2.50. The number of nitrogens with one attached hydrogen (secondary N) is 1. The Morgan fingerprint density at radius 2 is 2.04 bits per heavy atom. The molecule has 2 aliphatic rings. The lowest BCUT2D eigenvalue weighted by Gasteiger charge is -2.43. The molecule has 1 aromatic carbocycles. The molecular formula is C21H28N2O2. The second-order valence-corrected chi connectivity index (χ2v) is 7.70. The van der Waals surface area contributed by atoms with E-state index in [1.807, 2.05) is 37.3 Å². The van der Waals surface area contributed by atoms with Crippen LogP contribution in [0.5, 0.6) is 0 Å². The van der Waals surface area contributed by atoms with Gasteiger partial charge in [0, 0.05) is 11.4 Å². The van der Waals surface area contributed by atoms with Gasteiger partial charge >= 0.3 is 0 Å². The van der Waals surface area contributed by atoms with E-state index in [1.165, 1.54) is 38.5 Å². The van der Waals surface area contributed by atoms with E-state index in [4.69, 9.17) is 4.42 Å². The zero-order valence-corrected chi connectivity index (χ0v) is 15.0. The van der Waals surface area contributed by atoms with Crippen LogP contribution in [0.3, 0.4) is 0 Å². The Kier molecular flexibility index (Phi) is 4.80. The lowest BCUT2D eigenvalue weighted by molar-refractivity contribution is -0.124. The number of likely N-dealkylation sites (tertiary alicyclic amines) is 1. The number of rotatable bonds is 4. The molecule has 0 unspecified atom stereocenters. The third-order valence-electron chi connectivity index (χ3n) is 5.95. The van der Waals surface area contributed by atoms with E-state index in [1.54, 1.807) is 0 Å². The molecule has 134 valence electrons. The second-order valence-electron chi connectivity index (χ2n) is 7.70. The Balaban J connectivity index is 1.37. The van der Waals surface area contributed by atoms with Gasteiger partial charge in [-0.15, -0.1) is 0 Å². The molecule has 1 aromatic heterocycles. The average Bonchev–Trinajstić information content (AvgIpc) is 3.06. The second kappa shape index (κ2) is 7.20. The van der Waals surface area contributed by atoms with Crippen molar-refractivity contribution in [3.05, 3.63) is 36.1 Å². The van der Waals surface area contributed by atoms with Gasteiger partial charge in [-0.2, -0.15) is 0 Å². The molecule has 1 aliphatic heterocycles. The van der Waals surface area contributed by atoms with Crippen molar-refractivity contribution in [1.82, 2.24) is 10.2 Å². The lowest BCUT2D eigenvalue weighted by atomic mass is 9.78. The molecule has 0 radical (unpaired) electrons. The molecule has 4 nitrogen and oxygen atoms in total. The Labute approximate surface area is 149 Å². The number of amides is 1. The number of benzene rings is 1. The van der Waals surface area contributed by atoms with Crippen molar-refractivity contribution in [1.29, 1.82) is 0 Å². The van der Waals surface area contributed by atoms with Gasteiger partial charge in [-0.05, 0) is 57.2 Å². The van der Waals surface area contributed by atoms with Gasteiger partial charge in [0.15, 0.2) is 0 Å². The molecule has 2 fully saturated rings. The first-order chi connectivity index (χ1) is 12.2. The fourth-order valence-corrected chi connectivity index (χ4v) is 4.68. The zero-order chi connectivity index (χ0) is 17.2. The highest BCUT2D eigenvalue weighted by molar-refractivity contribution is 5.80. The normalized spacial score (nSPS) is 25.5. The number of fused-ring (bicyclic) bond motifs is 2. The number of para-hydroxylation sites is 1. The van der Waals surface area contributed by atoms with E-state index in [0.29, 0.717) is 12.6 Å². The number of nitrogens with zero attached hydrogens (tertiary/aromatic N) is 1. The molecule has 2 aromatic rings. The predicted molar refractivity (Wildman–Crippen MR) is 99.3 cm³/mol. The molecule has 3 atom stereocenters. The van der Waals surface area contributed by atoms with Crippen LogP contribution in [0, 0.1) is 5.92 Å². The Bertz CT molecular complexity index is 703. The number of furan rings is 1. The zero-order valence-electron chi connectivity index (χ0n) is 15.0. The molecule has 1 amide bonds. The summed E-state index contributed by atoms with van der Waals surface area (Å²) in [5, 5.41) is 4.21. The molecule has 4 rings (SSSR count). The summed E-state index contributed by atoms with van der Waals surface area (Å²) in [6, 6.07) is 10.5. The maximum absolute atomic E-state index is 12.6. The van der Waals surface area contributed by atoms with Gasteiger partial charge in [-0.3, -0.25) is 9.69 Å². The molecule has 2 heterocycles. The van der Waals surface area contributed by atoms with Gasteiger partial charge in [0.25, 0.3) is 0 Å². The van der Waals surface area contributed by atoms with E-state index in [2.05, 4.69) is 10.2 Å². The summed E-state index contributed by atoms with van der Waals surface area (Å²) in [6.45, 7) is 3.58. The van der Waals surface area contributed by atoms with Crippen molar-refractivity contribution >= 4 is 16.9 Å². The van der Waals surface area contributed by atoms with Crippen LogP contribution < -0.4 is 5.32 Å². The minimum absolute atomic E-state index is 0.105. The summed E-state index contributed by atoms with van der Waals surface area (Å²) in [6.07, 6.45) is 7.86. The molecule has 0 spiro atoms. The van der Waals surface area contributed by atoms with Gasteiger partial charge in [0.1, 0.15) is 11.3 Å². The minimum Gasteiger partial charge on any atom is -0.459 e. The topological polar surface area (TPSA) is 45.5 Å². The summed E-state index contributed by atoms with van der Waals surface area (Å²) >= 11 is 0. The Hall–Kier alpha value is -1.81. The highest BCUT2D eigenvalue weighted by atomic mass is 16.3. The van der Waals surface area contributed by atoms with Crippen molar-refractivity contribution in [3.63, 3.8) is 0 Å². The largest absolute Gasteiger partial charge is 0.459 e. The maximum Gasteiger partial charge on any atom is 0.234 e. The number of hydrogen-bond donors (Lipinski definition) is 1. The fraction of sp³-hybridized carbons (Fsp3) is 0.571. The van der Waals surface area contributed by atoms with Gasteiger partial charge < -0.3 is 9.73 Å². The summed E-state index contributed by atoms with van der Waals surface area (Å²) in [7, 11) is 0. The van der Waals surface area contributed by atoms with E-state index in [9.17, 15) is 4.79 Å². The van der Waals surface area contributed by atoms with Crippen LogP contribution in [0.1, 0.15) is 57.3 Å². The van der Waals surface area contributed by atoms with Crippen molar-refractivity contribution in [2.45, 2.75) is 57.5 Å². The fourth-order valence-electron chi connectivity index (χ4n) is 4.68. The van der Waals surface area contributed by atoms with Gasteiger partial charge in [-0.1, -0.05) is 31.0 Å². The maximum atomic E-state index is 12.6. The van der Waals surface area contributed by atoms with Gasteiger partial charge in [0.2, 0.25) is 5.91 Å². The van der Waals surface area contributed by atoms with Crippen LogP contribution in [-0.4, -0.2) is 29.9 Å². The average molecular weight is 340 g/mol.